The van der Waals surface area contributed by atoms with Crippen LogP contribution in [0.4, 0.5) is 5.69 Å². The van der Waals surface area contributed by atoms with Crippen LogP contribution in [0.25, 0.3) is 0 Å². The standard InChI is InChI=1S/C13H12BrNOS/c14-12-3-4-17-13(12)6-15-11-2-1-9-7-16-8-10(9)5-11/h1-5,15H,6-8H2. The van der Waals surface area contributed by atoms with Gasteiger partial charge in [-0.15, -0.1) is 11.3 Å². The SMILES string of the molecule is Brc1ccsc1CNc1ccc2c(c1)COC2. The molecule has 1 aromatic heterocycles. The average Bonchev–Trinajstić information content (AvgIpc) is 2.94. The molecule has 1 N–H and O–H groups in total. The van der Waals surface area contributed by atoms with Crippen LogP contribution in [0.2, 0.25) is 0 Å². The number of halogens is 1. The molecule has 0 radical (unpaired) electrons. The van der Waals surface area contributed by atoms with Crippen molar-refractivity contribution in [3.63, 3.8) is 0 Å². The highest BCUT2D eigenvalue weighted by atomic mass is 79.9. The molecule has 0 atom stereocenters. The zero-order valence-corrected chi connectivity index (χ0v) is 11.6. The largest absolute Gasteiger partial charge is 0.380 e. The number of hydrogen-bond donors (Lipinski definition) is 1. The van der Waals surface area contributed by atoms with E-state index in [4.69, 9.17) is 4.74 Å². The summed E-state index contributed by atoms with van der Waals surface area (Å²) in [6.45, 7) is 2.36. The molecule has 2 aromatic rings. The summed E-state index contributed by atoms with van der Waals surface area (Å²) in [5, 5.41) is 5.54. The molecule has 2 nitrogen and oxygen atoms in total. The molecule has 3 rings (SSSR count). The maximum absolute atomic E-state index is 5.41. The van der Waals surface area contributed by atoms with Gasteiger partial charge < -0.3 is 10.1 Å². The van der Waals surface area contributed by atoms with Crippen LogP contribution in [0.5, 0.6) is 0 Å². The van der Waals surface area contributed by atoms with E-state index in [0.717, 1.165) is 25.4 Å². The predicted octanol–water partition coefficient (Wildman–Crippen LogP) is 4.15. The smallest absolute Gasteiger partial charge is 0.0725 e. The maximum atomic E-state index is 5.41. The molecule has 0 unspecified atom stereocenters. The summed E-state index contributed by atoms with van der Waals surface area (Å²) in [6.07, 6.45) is 0. The van der Waals surface area contributed by atoms with E-state index in [2.05, 4.69) is 50.9 Å². The number of hydrogen-bond acceptors (Lipinski definition) is 3. The van der Waals surface area contributed by atoms with E-state index in [-0.39, 0.29) is 0 Å². The third-order valence-corrected chi connectivity index (χ3v) is 4.79. The molecule has 4 heteroatoms. The number of fused-ring (bicyclic) bond motifs is 1. The van der Waals surface area contributed by atoms with E-state index in [9.17, 15) is 0 Å². The lowest BCUT2D eigenvalue weighted by atomic mass is 10.1. The van der Waals surface area contributed by atoms with Gasteiger partial charge in [0.05, 0.1) is 19.8 Å². The van der Waals surface area contributed by atoms with Crippen molar-refractivity contribution in [2.75, 3.05) is 5.32 Å². The molecule has 0 aliphatic carbocycles. The quantitative estimate of drug-likeness (QED) is 0.919. The van der Waals surface area contributed by atoms with Gasteiger partial charge >= 0.3 is 0 Å². The fourth-order valence-electron chi connectivity index (χ4n) is 1.92. The summed E-state index contributed by atoms with van der Waals surface area (Å²) in [7, 11) is 0. The lowest BCUT2D eigenvalue weighted by Gasteiger charge is -2.07. The summed E-state index contributed by atoms with van der Waals surface area (Å²) in [5.74, 6) is 0. The summed E-state index contributed by atoms with van der Waals surface area (Å²) < 4.78 is 6.59. The number of benzene rings is 1. The molecule has 1 aliphatic rings. The van der Waals surface area contributed by atoms with Crippen LogP contribution in [0.1, 0.15) is 16.0 Å². The van der Waals surface area contributed by atoms with Crippen LogP contribution in [-0.4, -0.2) is 0 Å². The fourth-order valence-corrected chi connectivity index (χ4v) is 3.35. The highest BCUT2D eigenvalue weighted by Gasteiger charge is 2.11. The van der Waals surface area contributed by atoms with Gasteiger partial charge in [0, 0.05) is 15.0 Å². The van der Waals surface area contributed by atoms with E-state index < -0.39 is 0 Å². The zero-order chi connectivity index (χ0) is 11.7. The average molecular weight is 310 g/mol. The monoisotopic (exact) mass is 309 g/mol. The molecule has 0 saturated heterocycles. The normalized spacial score (nSPS) is 13.7. The molecule has 1 aliphatic heterocycles. The molecule has 17 heavy (non-hydrogen) atoms. The van der Waals surface area contributed by atoms with Crippen molar-refractivity contribution < 1.29 is 4.74 Å². The predicted molar refractivity (Wildman–Crippen MR) is 74.3 cm³/mol. The second-order valence-electron chi connectivity index (χ2n) is 4.02. The first-order valence-electron chi connectivity index (χ1n) is 5.48. The van der Waals surface area contributed by atoms with Gasteiger partial charge in [0.2, 0.25) is 0 Å². The Hall–Kier alpha value is -0.840. The van der Waals surface area contributed by atoms with E-state index in [1.165, 1.54) is 20.5 Å². The van der Waals surface area contributed by atoms with Crippen molar-refractivity contribution >= 4 is 33.0 Å². The van der Waals surface area contributed by atoms with Gasteiger partial charge in [-0.2, -0.15) is 0 Å². The van der Waals surface area contributed by atoms with Crippen molar-refractivity contribution in [3.05, 3.63) is 50.1 Å². The van der Waals surface area contributed by atoms with Gasteiger partial charge in [-0.05, 0) is 50.6 Å². The Kier molecular flexibility index (Phi) is 3.18. The molecule has 0 spiro atoms. The number of rotatable bonds is 3. The Morgan fingerprint density at radius 1 is 1.24 bits per heavy atom. The molecule has 88 valence electrons. The van der Waals surface area contributed by atoms with Gasteiger partial charge in [-0.1, -0.05) is 6.07 Å². The molecule has 0 saturated carbocycles. The summed E-state index contributed by atoms with van der Waals surface area (Å²) in [4.78, 5) is 1.32. The van der Waals surface area contributed by atoms with Crippen LogP contribution in [0.15, 0.2) is 34.1 Å². The van der Waals surface area contributed by atoms with Crippen molar-refractivity contribution in [1.82, 2.24) is 0 Å². The van der Waals surface area contributed by atoms with Crippen LogP contribution in [0.3, 0.4) is 0 Å². The Balaban J connectivity index is 1.72. The van der Waals surface area contributed by atoms with Crippen molar-refractivity contribution in [2.24, 2.45) is 0 Å². The molecule has 0 fully saturated rings. The van der Waals surface area contributed by atoms with Crippen molar-refractivity contribution in [2.45, 2.75) is 19.8 Å². The number of ether oxygens (including phenoxy) is 1. The van der Waals surface area contributed by atoms with Crippen molar-refractivity contribution in [3.8, 4) is 0 Å². The minimum absolute atomic E-state index is 0.744. The number of nitrogens with one attached hydrogen (secondary N) is 1. The molecule has 1 aromatic carbocycles. The first-order chi connectivity index (χ1) is 8.33. The van der Waals surface area contributed by atoms with E-state index in [1.54, 1.807) is 11.3 Å². The van der Waals surface area contributed by atoms with Crippen LogP contribution >= 0.6 is 27.3 Å². The summed E-state index contributed by atoms with van der Waals surface area (Å²) >= 11 is 5.30. The van der Waals surface area contributed by atoms with E-state index in [1.807, 2.05) is 0 Å². The maximum Gasteiger partial charge on any atom is 0.0725 e. The Bertz CT molecular complexity index is 538. The molecule has 2 heterocycles. The zero-order valence-electron chi connectivity index (χ0n) is 9.20. The molecular weight excluding hydrogens is 298 g/mol. The van der Waals surface area contributed by atoms with Gasteiger partial charge in [0.1, 0.15) is 0 Å². The Labute approximate surface area is 113 Å². The molecule has 0 amide bonds. The third-order valence-electron chi connectivity index (χ3n) is 2.87. The number of thiophene rings is 1. The highest BCUT2D eigenvalue weighted by Crippen LogP contribution is 2.26. The van der Waals surface area contributed by atoms with Gasteiger partial charge in [0.15, 0.2) is 0 Å². The summed E-state index contributed by atoms with van der Waals surface area (Å²) in [6, 6.07) is 8.53. The lowest BCUT2D eigenvalue weighted by molar-refractivity contribution is 0.134. The second-order valence-corrected chi connectivity index (χ2v) is 5.88. The van der Waals surface area contributed by atoms with Gasteiger partial charge in [-0.25, -0.2) is 0 Å². The molecule has 0 bridgehead atoms. The van der Waals surface area contributed by atoms with Crippen LogP contribution in [0, 0.1) is 0 Å². The Morgan fingerprint density at radius 2 is 2.12 bits per heavy atom. The van der Waals surface area contributed by atoms with Crippen LogP contribution in [-0.2, 0) is 24.5 Å². The van der Waals surface area contributed by atoms with Crippen LogP contribution < -0.4 is 5.32 Å². The minimum atomic E-state index is 0.744. The van der Waals surface area contributed by atoms with Crippen molar-refractivity contribution in [1.29, 1.82) is 0 Å². The van der Waals surface area contributed by atoms with Gasteiger partial charge in [-0.3, -0.25) is 0 Å². The first kappa shape index (κ1) is 11.3. The fraction of sp³-hybridized carbons (Fsp3) is 0.231. The Morgan fingerprint density at radius 3 is 2.94 bits per heavy atom. The third kappa shape index (κ3) is 2.39. The topological polar surface area (TPSA) is 21.3 Å². The lowest BCUT2D eigenvalue weighted by Crippen LogP contribution is -1.98. The summed E-state index contributed by atoms with van der Waals surface area (Å²) in [5.41, 5.74) is 3.78. The minimum Gasteiger partial charge on any atom is -0.380 e. The highest BCUT2D eigenvalue weighted by molar-refractivity contribution is 9.10. The first-order valence-corrected chi connectivity index (χ1v) is 7.15. The van der Waals surface area contributed by atoms with E-state index in [0.29, 0.717) is 0 Å². The van der Waals surface area contributed by atoms with Gasteiger partial charge in [0.25, 0.3) is 0 Å². The molecular formula is C13H12BrNOS. The van der Waals surface area contributed by atoms with E-state index >= 15 is 0 Å². The number of anilines is 1. The second kappa shape index (κ2) is 4.80.